The van der Waals surface area contributed by atoms with Gasteiger partial charge in [0.15, 0.2) is 0 Å². The number of halogens is 2. The number of ether oxygens (including phenoxy) is 1. The molecule has 1 aromatic carbocycles. The standard InChI is InChI=1S/C16H16ClFN4O2/c17-12-6-10(3-4-13(12)18)22-15-9-19-14(8-20-15)16(23)21-7-11-2-1-5-24-11/h3-4,6,8-9,11H,1-2,5,7H2,(H,20,22)(H,21,23). The summed E-state index contributed by atoms with van der Waals surface area (Å²) < 4.78 is 18.6. The van der Waals surface area contributed by atoms with Gasteiger partial charge in [-0.25, -0.2) is 14.4 Å². The highest BCUT2D eigenvalue weighted by atomic mass is 35.5. The van der Waals surface area contributed by atoms with E-state index < -0.39 is 5.82 Å². The number of anilines is 2. The summed E-state index contributed by atoms with van der Waals surface area (Å²) >= 11 is 5.72. The molecule has 1 aliphatic rings. The molecule has 2 N–H and O–H groups in total. The van der Waals surface area contributed by atoms with E-state index in [1.807, 2.05) is 0 Å². The molecule has 24 heavy (non-hydrogen) atoms. The minimum Gasteiger partial charge on any atom is -0.376 e. The lowest BCUT2D eigenvalue weighted by molar-refractivity contribution is 0.0853. The van der Waals surface area contributed by atoms with Crippen molar-refractivity contribution in [2.24, 2.45) is 0 Å². The molecule has 1 unspecified atom stereocenters. The number of rotatable bonds is 5. The summed E-state index contributed by atoms with van der Waals surface area (Å²) in [5.74, 6) is -0.366. The van der Waals surface area contributed by atoms with E-state index in [1.54, 1.807) is 0 Å². The minimum absolute atomic E-state index is 0.0121. The number of carbonyl (C=O) groups excluding carboxylic acids is 1. The summed E-state index contributed by atoms with van der Waals surface area (Å²) in [5, 5.41) is 5.73. The zero-order valence-corrected chi connectivity index (χ0v) is 13.5. The zero-order valence-electron chi connectivity index (χ0n) is 12.8. The van der Waals surface area contributed by atoms with Gasteiger partial charge in [0, 0.05) is 18.8 Å². The van der Waals surface area contributed by atoms with Crippen molar-refractivity contribution < 1.29 is 13.9 Å². The highest BCUT2D eigenvalue weighted by molar-refractivity contribution is 6.31. The van der Waals surface area contributed by atoms with E-state index in [-0.39, 0.29) is 22.7 Å². The Morgan fingerprint density at radius 3 is 2.92 bits per heavy atom. The van der Waals surface area contributed by atoms with E-state index in [4.69, 9.17) is 16.3 Å². The predicted octanol–water partition coefficient (Wildman–Crippen LogP) is 2.92. The second-order valence-corrected chi connectivity index (χ2v) is 5.79. The number of nitrogens with one attached hydrogen (secondary N) is 2. The van der Waals surface area contributed by atoms with Crippen LogP contribution in [-0.2, 0) is 4.74 Å². The fraction of sp³-hybridized carbons (Fsp3) is 0.312. The Hall–Kier alpha value is -2.25. The van der Waals surface area contributed by atoms with Crippen molar-refractivity contribution in [2.75, 3.05) is 18.5 Å². The van der Waals surface area contributed by atoms with Crippen molar-refractivity contribution in [3.05, 3.63) is 47.1 Å². The number of carbonyl (C=O) groups is 1. The lowest BCUT2D eigenvalue weighted by atomic mass is 10.2. The van der Waals surface area contributed by atoms with Gasteiger partial charge < -0.3 is 15.4 Å². The summed E-state index contributed by atoms with van der Waals surface area (Å²) in [5.41, 5.74) is 0.793. The first-order valence-corrected chi connectivity index (χ1v) is 7.93. The van der Waals surface area contributed by atoms with Crippen molar-refractivity contribution in [1.82, 2.24) is 15.3 Å². The van der Waals surface area contributed by atoms with Gasteiger partial charge >= 0.3 is 0 Å². The topological polar surface area (TPSA) is 76.1 Å². The lowest BCUT2D eigenvalue weighted by Gasteiger charge is -2.10. The van der Waals surface area contributed by atoms with Crippen LogP contribution in [0.25, 0.3) is 0 Å². The third kappa shape index (κ3) is 4.18. The van der Waals surface area contributed by atoms with Crippen LogP contribution in [0.4, 0.5) is 15.9 Å². The third-order valence-corrected chi connectivity index (χ3v) is 3.88. The Labute approximate surface area is 143 Å². The first kappa shape index (κ1) is 16.6. The molecule has 0 saturated carbocycles. The minimum atomic E-state index is -0.494. The van der Waals surface area contributed by atoms with Crippen LogP contribution < -0.4 is 10.6 Å². The van der Waals surface area contributed by atoms with Gasteiger partial charge in [0.05, 0.1) is 23.5 Å². The van der Waals surface area contributed by atoms with E-state index >= 15 is 0 Å². The summed E-state index contributed by atoms with van der Waals surface area (Å²) in [6, 6.07) is 4.23. The second kappa shape index (κ2) is 7.55. The van der Waals surface area contributed by atoms with E-state index in [0.717, 1.165) is 19.4 Å². The zero-order chi connectivity index (χ0) is 16.9. The van der Waals surface area contributed by atoms with Crippen LogP contribution in [0, 0.1) is 5.82 Å². The molecule has 0 bridgehead atoms. The Balaban J connectivity index is 1.57. The normalized spacial score (nSPS) is 16.8. The number of hydrogen-bond donors (Lipinski definition) is 2. The molecule has 0 radical (unpaired) electrons. The lowest BCUT2D eigenvalue weighted by Crippen LogP contribution is -2.32. The molecule has 1 amide bonds. The van der Waals surface area contributed by atoms with Gasteiger partial charge in [0.25, 0.3) is 5.91 Å². The van der Waals surface area contributed by atoms with Gasteiger partial charge in [-0.3, -0.25) is 4.79 Å². The maximum atomic E-state index is 13.1. The van der Waals surface area contributed by atoms with Crippen LogP contribution in [-0.4, -0.2) is 35.1 Å². The van der Waals surface area contributed by atoms with Gasteiger partial charge in [-0.05, 0) is 31.0 Å². The smallest absolute Gasteiger partial charge is 0.271 e. The van der Waals surface area contributed by atoms with Crippen LogP contribution in [0.15, 0.2) is 30.6 Å². The first-order valence-electron chi connectivity index (χ1n) is 7.56. The van der Waals surface area contributed by atoms with Gasteiger partial charge in [0.1, 0.15) is 17.3 Å². The highest BCUT2D eigenvalue weighted by Crippen LogP contribution is 2.21. The summed E-state index contributed by atoms with van der Waals surface area (Å²) in [7, 11) is 0. The molecule has 2 aromatic rings. The van der Waals surface area contributed by atoms with Gasteiger partial charge in [0.2, 0.25) is 0 Å². The van der Waals surface area contributed by atoms with Crippen molar-refractivity contribution in [2.45, 2.75) is 18.9 Å². The van der Waals surface area contributed by atoms with Crippen molar-refractivity contribution in [3.63, 3.8) is 0 Å². The van der Waals surface area contributed by atoms with Crippen molar-refractivity contribution >= 4 is 29.0 Å². The molecule has 6 nitrogen and oxygen atoms in total. The van der Waals surface area contributed by atoms with Crippen LogP contribution in [0.5, 0.6) is 0 Å². The average Bonchev–Trinajstić information content (AvgIpc) is 3.10. The largest absolute Gasteiger partial charge is 0.376 e. The predicted molar refractivity (Wildman–Crippen MR) is 88.0 cm³/mol. The van der Waals surface area contributed by atoms with Gasteiger partial charge in [-0.1, -0.05) is 11.6 Å². The van der Waals surface area contributed by atoms with Gasteiger partial charge in [-0.2, -0.15) is 0 Å². The van der Waals surface area contributed by atoms with E-state index in [2.05, 4.69) is 20.6 Å². The Kier molecular flexibility index (Phi) is 5.22. The molecular weight excluding hydrogens is 335 g/mol. The average molecular weight is 351 g/mol. The maximum absolute atomic E-state index is 13.1. The van der Waals surface area contributed by atoms with Crippen LogP contribution in [0.2, 0.25) is 5.02 Å². The number of nitrogens with zero attached hydrogens (tertiary/aromatic N) is 2. The summed E-state index contributed by atoms with van der Waals surface area (Å²) in [4.78, 5) is 20.2. The fourth-order valence-electron chi connectivity index (χ4n) is 2.33. The highest BCUT2D eigenvalue weighted by Gasteiger charge is 2.17. The third-order valence-electron chi connectivity index (χ3n) is 3.59. The molecule has 0 spiro atoms. The Bertz CT molecular complexity index is 721. The molecule has 1 aromatic heterocycles. The molecule has 126 valence electrons. The molecule has 1 fully saturated rings. The summed E-state index contributed by atoms with van der Waals surface area (Å²) in [6.07, 6.45) is 4.85. The van der Waals surface area contributed by atoms with E-state index in [1.165, 1.54) is 30.6 Å². The van der Waals surface area contributed by atoms with E-state index in [9.17, 15) is 9.18 Å². The van der Waals surface area contributed by atoms with Crippen LogP contribution >= 0.6 is 11.6 Å². The number of amides is 1. The number of aromatic nitrogens is 2. The molecule has 3 rings (SSSR count). The Morgan fingerprint density at radius 2 is 2.25 bits per heavy atom. The molecule has 1 aliphatic heterocycles. The SMILES string of the molecule is O=C(NCC1CCCO1)c1cnc(Nc2ccc(F)c(Cl)c2)cn1. The number of hydrogen-bond acceptors (Lipinski definition) is 5. The van der Waals surface area contributed by atoms with Crippen LogP contribution in [0.3, 0.4) is 0 Å². The second-order valence-electron chi connectivity index (χ2n) is 5.39. The quantitative estimate of drug-likeness (QED) is 0.867. The molecule has 0 aliphatic carbocycles. The molecule has 8 heteroatoms. The van der Waals surface area contributed by atoms with Crippen LogP contribution in [0.1, 0.15) is 23.3 Å². The van der Waals surface area contributed by atoms with Crippen molar-refractivity contribution in [1.29, 1.82) is 0 Å². The van der Waals surface area contributed by atoms with E-state index in [0.29, 0.717) is 18.1 Å². The first-order chi connectivity index (χ1) is 11.6. The monoisotopic (exact) mass is 350 g/mol. The summed E-state index contributed by atoms with van der Waals surface area (Å²) in [6.45, 7) is 1.21. The van der Waals surface area contributed by atoms with Gasteiger partial charge in [-0.15, -0.1) is 0 Å². The maximum Gasteiger partial charge on any atom is 0.271 e. The fourth-order valence-corrected chi connectivity index (χ4v) is 2.51. The van der Waals surface area contributed by atoms with Crippen molar-refractivity contribution in [3.8, 4) is 0 Å². The molecule has 2 heterocycles. The number of benzene rings is 1. The Morgan fingerprint density at radius 1 is 1.38 bits per heavy atom. The molecule has 1 saturated heterocycles. The molecule has 1 atom stereocenters. The molecular formula is C16H16ClFN4O2.